The first-order chi connectivity index (χ1) is 12.9. The van der Waals surface area contributed by atoms with Crippen LogP contribution in [0.1, 0.15) is 24.1 Å². The first kappa shape index (κ1) is 19.4. The molecular weight excluding hydrogens is 480 g/mol. The number of halogens is 2. The highest BCUT2D eigenvalue weighted by Gasteiger charge is 2.36. The van der Waals surface area contributed by atoms with Gasteiger partial charge in [-0.2, -0.15) is 0 Å². The maximum absolute atomic E-state index is 12.8. The van der Waals surface area contributed by atoms with Gasteiger partial charge >= 0.3 is 12.0 Å². The molecule has 0 radical (unpaired) electrons. The molecule has 140 valence electrons. The maximum atomic E-state index is 12.8. The van der Waals surface area contributed by atoms with Crippen molar-refractivity contribution in [1.29, 1.82) is 0 Å². The zero-order chi connectivity index (χ0) is 19.6. The van der Waals surface area contributed by atoms with E-state index >= 15 is 0 Å². The fourth-order valence-corrected chi connectivity index (χ4v) is 4.12. The van der Waals surface area contributed by atoms with Gasteiger partial charge in [0.05, 0.1) is 28.4 Å². The van der Waals surface area contributed by atoms with E-state index in [2.05, 4.69) is 42.5 Å². The Hall–Kier alpha value is -2.32. The molecule has 3 rings (SSSR count). The Morgan fingerprint density at radius 1 is 1.22 bits per heavy atom. The van der Waals surface area contributed by atoms with Crippen LogP contribution in [-0.2, 0) is 9.53 Å². The van der Waals surface area contributed by atoms with Crippen molar-refractivity contribution in [2.24, 2.45) is 0 Å². The summed E-state index contributed by atoms with van der Waals surface area (Å²) in [6.07, 6.45) is 0. The average molecular weight is 496 g/mol. The van der Waals surface area contributed by atoms with Gasteiger partial charge in [0.2, 0.25) is 0 Å². The minimum Gasteiger partial charge on any atom is -0.506 e. The summed E-state index contributed by atoms with van der Waals surface area (Å²) in [4.78, 5) is 25.1. The molecule has 2 amide bonds. The van der Waals surface area contributed by atoms with Crippen LogP contribution in [0.25, 0.3) is 5.70 Å². The van der Waals surface area contributed by atoms with Crippen LogP contribution in [0.15, 0.2) is 57.0 Å². The molecule has 1 aliphatic heterocycles. The van der Waals surface area contributed by atoms with Crippen molar-refractivity contribution >= 4 is 49.6 Å². The number of phenolic OH excluding ortho intramolecular Hbond substituents is 1. The largest absolute Gasteiger partial charge is 0.506 e. The lowest BCUT2D eigenvalue weighted by molar-refractivity contribution is -0.138. The zero-order valence-electron chi connectivity index (χ0n) is 14.3. The molecule has 0 bridgehead atoms. The van der Waals surface area contributed by atoms with Gasteiger partial charge in [0.15, 0.2) is 0 Å². The van der Waals surface area contributed by atoms with Gasteiger partial charge in [0.1, 0.15) is 5.75 Å². The fourth-order valence-electron chi connectivity index (χ4n) is 2.86. The van der Waals surface area contributed by atoms with Gasteiger partial charge in [-0.3, -0.25) is 0 Å². The molecule has 2 aromatic carbocycles. The number of amides is 2. The predicted molar refractivity (Wildman–Crippen MR) is 108 cm³/mol. The van der Waals surface area contributed by atoms with Crippen LogP contribution in [-0.4, -0.2) is 23.7 Å². The topological polar surface area (TPSA) is 87.7 Å². The second-order valence-electron chi connectivity index (χ2n) is 5.73. The lowest BCUT2D eigenvalue weighted by atomic mass is 9.92. The van der Waals surface area contributed by atoms with Gasteiger partial charge in [0.25, 0.3) is 0 Å². The van der Waals surface area contributed by atoms with E-state index in [1.807, 2.05) is 18.2 Å². The number of hydrogen-bond donors (Lipinski definition) is 3. The highest BCUT2D eigenvalue weighted by molar-refractivity contribution is 9.11. The number of phenols is 1. The molecule has 0 spiro atoms. The van der Waals surface area contributed by atoms with Gasteiger partial charge < -0.3 is 20.5 Å². The summed E-state index contributed by atoms with van der Waals surface area (Å²) in [6, 6.07) is 11.0. The van der Waals surface area contributed by atoms with Crippen LogP contribution in [0.5, 0.6) is 5.75 Å². The molecule has 1 heterocycles. The first-order valence-corrected chi connectivity index (χ1v) is 9.73. The third kappa shape index (κ3) is 4.01. The highest BCUT2D eigenvalue weighted by Crippen LogP contribution is 2.40. The summed E-state index contributed by atoms with van der Waals surface area (Å²) in [5.41, 5.74) is 1.58. The quantitative estimate of drug-likeness (QED) is 0.553. The molecule has 8 heteroatoms. The number of ether oxygens (including phenoxy) is 1. The number of aromatic hydroxyl groups is 1. The third-order valence-corrected chi connectivity index (χ3v) is 5.06. The monoisotopic (exact) mass is 494 g/mol. The van der Waals surface area contributed by atoms with E-state index in [1.165, 1.54) is 0 Å². The maximum Gasteiger partial charge on any atom is 0.338 e. The van der Waals surface area contributed by atoms with Gasteiger partial charge in [-0.15, -0.1) is 0 Å². The second kappa shape index (κ2) is 8.14. The number of hydrogen-bond acceptors (Lipinski definition) is 4. The standard InChI is InChI=1S/C19H16Br2N2O4/c1-2-27-18(25)14-15(10-6-4-3-5-7-10)22-19(26)23-16(14)12-8-11(20)9-13(21)17(12)24/h3-9,16,24H,2H2,1H3,(H2,22,23,26). The average Bonchev–Trinajstić information content (AvgIpc) is 2.64. The van der Waals surface area contributed by atoms with E-state index in [4.69, 9.17) is 4.74 Å². The summed E-state index contributed by atoms with van der Waals surface area (Å²) in [5.74, 6) is -0.649. The van der Waals surface area contributed by atoms with Crippen molar-refractivity contribution in [3.8, 4) is 5.75 Å². The van der Waals surface area contributed by atoms with Crippen molar-refractivity contribution in [3.63, 3.8) is 0 Å². The highest BCUT2D eigenvalue weighted by atomic mass is 79.9. The Morgan fingerprint density at radius 2 is 1.93 bits per heavy atom. The SMILES string of the molecule is CCOC(=O)C1=C(c2ccccc2)NC(=O)NC1c1cc(Br)cc(Br)c1O. The van der Waals surface area contributed by atoms with Crippen LogP contribution < -0.4 is 10.6 Å². The lowest BCUT2D eigenvalue weighted by Crippen LogP contribution is -2.45. The first-order valence-electron chi connectivity index (χ1n) is 8.14. The summed E-state index contributed by atoms with van der Waals surface area (Å²) in [5, 5.41) is 15.9. The predicted octanol–water partition coefficient (Wildman–Crippen LogP) is 4.25. The van der Waals surface area contributed by atoms with Crippen LogP contribution in [0.3, 0.4) is 0 Å². The Labute approximate surface area is 172 Å². The normalized spacial score (nSPS) is 16.6. The molecular formula is C19H16Br2N2O4. The molecule has 27 heavy (non-hydrogen) atoms. The molecule has 2 aromatic rings. The number of rotatable bonds is 4. The molecule has 6 nitrogen and oxygen atoms in total. The molecule has 3 N–H and O–H groups in total. The smallest absolute Gasteiger partial charge is 0.338 e. The molecule has 0 fully saturated rings. The summed E-state index contributed by atoms with van der Waals surface area (Å²) in [7, 11) is 0. The van der Waals surface area contributed by atoms with Crippen LogP contribution in [0.2, 0.25) is 0 Å². The van der Waals surface area contributed by atoms with Crippen molar-refractivity contribution in [2.45, 2.75) is 13.0 Å². The molecule has 0 saturated heterocycles. The van der Waals surface area contributed by atoms with Crippen molar-refractivity contribution < 1.29 is 19.4 Å². The minimum atomic E-state index is -0.887. The molecule has 0 aromatic heterocycles. The van der Waals surface area contributed by atoms with E-state index in [0.717, 1.165) is 0 Å². The van der Waals surface area contributed by atoms with Crippen molar-refractivity contribution in [1.82, 2.24) is 10.6 Å². The third-order valence-electron chi connectivity index (χ3n) is 4.00. The van der Waals surface area contributed by atoms with Gasteiger partial charge in [-0.1, -0.05) is 46.3 Å². The van der Waals surface area contributed by atoms with E-state index in [-0.39, 0.29) is 17.9 Å². The number of benzene rings is 2. The Bertz CT molecular complexity index is 929. The number of carbonyl (C=O) groups excluding carboxylic acids is 2. The number of carbonyl (C=O) groups is 2. The second-order valence-corrected chi connectivity index (χ2v) is 7.50. The lowest BCUT2D eigenvalue weighted by Gasteiger charge is -2.30. The van der Waals surface area contributed by atoms with Crippen LogP contribution in [0, 0.1) is 0 Å². The van der Waals surface area contributed by atoms with E-state index in [1.54, 1.807) is 31.2 Å². The minimum absolute atomic E-state index is 0.0698. The number of nitrogens with one attached hydrogen (secondary N) is 2. The van der Waals surface area contributed by atoms with Gasteiger partial charge in [-0.05, 0) is 40.5 Å². The molecule has 1 unspecified atom stereocenters. The molecule has 1 aliphatic rings. The summed E-state index contributed by atoms with van der Waals surface area (Å²) >= 11 is 6.66. The zero-order valence-corrected chi connectivity index (χ0v) is 17.4. The van der Waals surface area contributed by atoms with Crippen LogP contribution >= 0.6 is 31.9 Å². The molecule has 0 aliphatic carbocycles. The number of esters is 1. The van der Waals surface area contributed by atoms with Crippen molar-refractivity contribution in [2.75, 3.05) is 6.61 Å². The fraction of sp³-hybridized carbons (Fsp3) is 0.158. The Balaban J connectivity index is 2.25. The van der Waals surface area contributed by atoms with E-state index < -0.39 is 18.0 Å². The Morgan fingerprint density at radius 3 is 2.59 bits per heavy atom. The summed E-state index contributed by atoms with van der Waals surface area (Å²) < 4.78 is 6.34. The van der Waals surface area contributed by atoms with Crippen LogP contribution in [0.4, 0.5) is 4.79 Å². The Kier molecular flexibility index (Phi) is 5.86. The molecule has 0 saturated carbocycles. The molecule has 1 atom stereocenters. The van der Waals surface area contributed by atoms with Gasteiger partial charge in [0, 0.05) is 10.0 Å². The number of urea groups is 1. The van der Waals surface area contributed by atoms with Crippen molar-refractivity contribution in [3.05, 3.63) is 68.1 Å². The van der Waals surface area contributed by atoms with Gasteiger partial charge in [-0.25, -0.2) is 9.59 Å². The van der Waals surface area contributed by atoms with E-state index in [9.17, 15) is 14.7 Å². The van der Waals surface area contributed by atoms with E-state index in [0.29, 0.717) is 25.8 Å². The summed E-state index contributed by atoms with van der Waals surface area (Å²) in [6.45, 7) is 1.89.